The first-order chi connectivity index (χ1) is 13.5. The molecule has 0 amide bonds. The van der Waals surface area contributed by atoms with Gasteiger partial charge in [0.2, 0.25) is 0 Å². The third-order valence-corrected chi connectivity index (χ3v) is 5.14. The van der Waals surface area contributed by atoms with Gasteiger partial charge in [-0.15, -0.1) is 0 Å². The molecule has 0 bridgehead atoms. The van der Waals surface area contributed by atoms with Crippen molar-refractivity contribution in [1.82, 2.24) is 9.80 Å². The van der Waals surface area contributed by atoms with Crippen LogP contribution in [-0.2, 0) is 6.54 Å². The molecule has 1 N–H and O–H groups in total. The zero-order valence-electron chi connectivity index (χ0n) is 16.0. The van der Waals surface area contributed by atoms with Gasteiger partial charge in [-0.1, -0.05) is 29.8 Å². The van der Waals surface area contributed by atoms with Crippen molar-refractivity contribution in [2.24, 2.45) is 0 Å². The average Bonchev–Trinajstić information content (AvgIpc) is 2.69. The predicted octanol–water partition coefficient (Wildman–Crippen LogP) is 3.05. The second-order valence-corrected chi connectivity index (χ2v) is 7.35. The summed E-state index contributed by atoms with van der Waals surface area (Å²) in [7, 11) is 1.46. The Morgan fingerprint density at radius 3 is 2.46 bits per heavy atom. The van der Waals surface area contributed by atoms with Crippen molar-refractivity contribution in [2.45, 2.75) is 12.6 Å². The Balaban J connectivity index is 1.40. The number of methoxy groups -OCH3 is 1. The summed E-state index contributed by atoms with van der Waals surface area (Å²) < 4.78 is 24.4. The van der Waals surface area contributed by atoms with Crippen molar-refractivity contribution < 1.29 is 19.0 Å². The van der Waals surface area contributed by atoms with Crippen molar-refractivity contribution in [3.8, 4) is 11.5 Å². The molecule has 2 aromatic rings. The van der Waals surface area contributed by atoms with E-state index in [0.29, 0.717) is 23.9 Å². The molecule has 0 radical (unpaired) electrons. The van der Waals surface area contributed by atoms with Gasteiger partial charge in [-0.25, -0.2) is 4.39 Å². The standard InChI is InChI=1S/C21H26ClFN2O3/c1-27-21-7-6-16(12-19(21)23)13-24-8-10-25(11-9-24)14-17(26)15-28-20-5-3-2-4-18(20)22/h2-7,12,17,26H,8-11,13-15H2,1H3. The molecule has 1 heterocycles. The summed E-state index contributed by atoms with van der Waals surface area (Å²) in [6, 6.07) is 12.3. The number of rotatable bonds is 8. The molecule has 0 aromatic heterocycles. The fraction of sp³-hybridized carbons (Fsp3) is 0.429. The minimum atomic E-state index is -0.585. The van der Waals surface area contributed by atoms with Gasteiger partial charge in [0.15, 0.2) is 11.6 Å². The molecule has 0 aliphatic carbocycles. The molecule has 2 aromatic carbocycles. The number of halogens is 2. The summed E-state index contributed by atoms with van der Waals surface area (Å²) in [6.07, 6.45) is -0.585. The van der Waals surface area contributed by atoms with Crippen LogP contribution in [0.1, 0.15) is 5.56 Å². The van der Waals surface area contributed by atoms with Crippen LogP contribution >= 0.6 is 11.6 Å². The van der Waals surface area contributed by atoms with E-state index in [1.54, 1.807) is 18.2 Å². The van der Waals surface area contributed by atoms with E-state index in [2.05, 4.69) is 9.80 Å². The van der Waals surface area contributed by atoms with E-state index in [1.165, 1.54) is 13.2 Å². The lowest BCUT2D eigenvalue weighted by Gasteiger charge is -2.35. The molecule has 152 valence electrons. The van der Waals surface area contributed by atoms with Crippen LogP contribution in [0.4, 0.5) is 4.39 Å². The summed E-state index contributed by atoms with van der Waals surface area (Å²) in [4.78, 5) is 4.50. The first kappa shape index (κ1) is 20.9. The Morgan fingerprint density at radius 2 is 1.79 bits per heavy atom. The van der Waals surface area contributed by atoms with Gasteiger partial charge >= 0.3 is 0 Å². The lowest BCUT2D eigenvalue weighted by Crippen LogP contribution is -2.48. The molecule has 1 aliphatic rings. The zero-order valence-corrected chi connectivity index (χ0v) is 16.7. The highest BCUT2D eigenvalue weighted by molar-refractivity contribution is 6.32. The predicted molar refractivity (Wildman–Crippen MR) is 108 cm³/mol. The van der Waals surface area contributed by atoms with Crippen molar-refractivity contribution >= 4 is 11.6 Å². The smallest absolute Gasteiger partial charge is 0.165 e. The third kappa shape index (κ3) is 5.82. The number of hydrogen-bond donors (Lipinski definition) is 1. The zero-order chi connectivity index (χ0) is 19.9. The number of nitrogens with zero attached hydrogens (tertiary/aromatic N) is 2. The van der Waals surface area contributed by atoms with Crippen molar-refractivity contribution in [3.05, 3.63) is 58.9 Å². The molecule has 1 saturated heterocycles. The second-order valence-electron chi connectivity index (χ2n) is 6.94. The highest BCUT2D eigenvalue weighted by atomic mass is 35.5. The van der Waals surface area contributed by atoms with Gasteiger partial charge < -0.3 is 14.6 Å². The summed E-state index contributed by atoms with van der Waals surface area (Å²) in [6.45, 7) is 4.89. The molecule has 0 saturated carbocycles. The van der Waals surface area contributed by atoms with Crippen LogP contribution in [0.15, 0.2) is 42.5 Å². The monoisotopic (exact) mass is 408 g/mol. The van der Waals surface area contributed by atoms with E-state index in [0.717, 1.165) is 31.7 Å². The van der Waals surface area contributed by atoms with Crippen molar-refractivity contribution in [2.75, 3.05) is 46.4 Å². The molecular formula is C21H26ClFN2O3. The van der Waals surface area contributed by atoms with E-state index in [4.69, 9.17) is 21.1 Å². The van der Waals surface area contributed by atoms with Gasteiger partial charge in [0.25, 0.3) is 0 Å². The summed E-state index contributed by atoms with van der Waals surface area (Å²) in [5.41, 5.74) is 0.930. The number of β-amino-alcohol motifs (C(OH)–C–C–N with tert-alkyl or cyclic N) is 1. The molecule has 1 atom stereocenters. The van der Waals surface area contributed by atoms with Crippen LogP contribution in [0.25, 0.3) is 0 Å². The van der Waals surface area contributed by atoms with Gasteiger partial charge in [-0.05, 0) is 29.8 Å². The Morgan fingerprint density at radius 1 is 1.07 bits per heavy atom. The van der Waals surface area contributed by atoms with Crippen molar-refractivity contribution in [1.29, 1.82) is 0 Å². The SMILES string of the molecule is COc1ccc(CN2CCN(CC(O)COc3ccccc3Cl)CC2)cc1F. The number of ether oxygens (including phenoxy) is 2. The number of hydrogen-bond acceptors (Lipinski definition) is 5. The molecule has 28 heavy (non-hydrogen) atoms. The lowest BCUT2D eigenvalue weighted by atomic mass is 10.1. The average molecular weight is 409 g/mol. The van der Waals surface area contributed by atoms with Crippen LogP contribution < -0.4 is 9.47 Å². The molecule has 1 fully saturated rings. The topological polar surface area (TPSA) is 45.2 Å². The third-order valence-electron chi connectivity index (χ3n) is 4.82. The van der Waals surface area contributed by atoms with Gasteiger partial charge in [0, 0.05) is 39.3 Å². The molecule has 1 unspecified atom stereocenters. The first-order valence-corrected chi connectivity index (χ1v) is 9.75. The molecular weight excluding hydrogens is 383 g/mol. The normalized spacial score (nSPS) is 16.7. The van der Waals surface area contributed by atoms with Crippen LogP contribution in [-0.4, -0.2) is 67.5 Å². The fourth-order valence-electron chi connectivity index (χ4n) is 3.29. The van der Waals surface area contributed by atoms with Crippen LogP contribution in [0.3, 0.4) is 0 Å². The molecule has 0 spiro atoms. The summed E-state index contributed by atoms with van der Waals surface area (Å²) in [5, 5.41) is 10.8. The first-order valence-electron chi connectivity index (χ1n) is 9.37. The number of piperazine rings is 1. The maximum Gasteiger partial charge on any atom is 0.165 e. The summed E-state index contributed by atoms with van der Waals surface area (Å²) >= 11 is 6.06. The van der Waals surface area contributed by atoms with E-state index in [1.807, 2.05) is 18.2 Å². The van der Waals surface area contributed by atoms with Gasteiger partial charge in [-0.3, -0.25) is 9.80 Å². The minimum Gasteiger partial charge on any atom is -0.494 e. The Hall–Kier alpha value is -1.86. The van der Waals surface area contributed by atoms with E-state index in [-0.39, 0.29) is 18.2 Å². The van der Waals surface area contributed by atoms with Gasteiger partial charge in [0.1, 0.15) is 18.5 Å². The highest BCUT2D eigenvalue weighted by Gasteiger charge is 2.20. The Kier molecular flexibility index (Phi) is 7.50. The Bertz CT molecular complexity index is 769. The fourth-order valence-corrected chi connectivity index (χ4v) is 3.49. The Labute approximate surface area is 170 Å². The largest absolute Gasteiger partial charge is 0.494 e. The van der Waals surface area contributed by atoms with Crippen LogP contribution in [0.5, 0.6) is 11.5 Å². The van der Waals surface area contributed by atoms with Crippen molar-refractivity contribution in [3.63, 3.8) is 0 Å². The lowest BCUT2D eigenvalue weighted by molar-refractivity contribution is 0.0446. The molecule has 7 heteroatoms. The van der Waals surface area contributed by atoms with Gasteiger partial charge in [0.05, 0.1) is 12.1 Å². The quantitative estimate of drug-likeness (QED) is 0.727. The molecule has 5 nitrogen and oxygen atoms in total. The minimum absolute atomic E-state index is 0.203. The highest BCUT2D eigenvalue weighted by Crippen LogP contribution is 2.23. The summed E-state index contributed by atoms with van der Waals surface area (Å²) in [5.74, 6) is 0.515. The van der Waals surface area contributed by atoms with Crippen LogP contribution in [0, 0.1) is 5.82 Å². The maximum absolute atomic E-state index is 13.8. The maximum atomic E-state index is 13.8. The van der Waals surface area contributed by atoms with E-state index >= 15 is 0 Å². The molecule has 1 aliphatic heterocycles. The molecule has 3 rings (SSSR count). The van der Waals surface area contributed by atoms with Crippen LogP contribution in [0.2, 0.25) is 5.02 Å². The van der Waals surface area contributed by atoms with E-state index < -0.39 is 6.10 Å². The second kappa shape index (κ2) is 10.1. The van der Waals surface area contributed by atoms with Gasteiger partial charge in [-0.2, -0.15) is 0 Å². The van der Waals surface area contributed by atoms with E-state index in [9.17, 15) is 9.50 Å². The number of aliphatic hydroxyl groups is 1. The number of aliphatic hydroxyl groups excluding tert-OH is 1. The number of para-hydroxylation sites is 1. The number of benzene rings is 2.